The average Bonchev–Trinajstić information content (AvgIpc) is 3.50. The van der Waals surface area contributed by atoms with Gasteiger partial charge in [-0.3, -0.25) is 14.3 Å². The molecule has 0 radical (unpaired) electrons. The van der Waals surface area contributed by atoms with Crippen LogP contribution in [0.3, 0.4) is 0 Å². The van der Waals surface area contributed by atoms with Crippen LogP contribution in [0, 0.1) is 6.92 Å². The van der Waals surface area contributed by atoms with Gasteiger partial charge in [0, 0.05) is 31.3 Å². The van der Waals surface area contributed by atoms with Crippen LogP contribution in [0.15, 0.2) is 58.3 Å². The van der Waals surface area contributed by atoms with E-state index in [-0.39, 0.29) is 38.8 Å². The molecule has 0 saturated heterocycles. The summed E-state index contributed by atoms with van der Waals surface area (Å²) in [5, 5.41) is 10.6. The number of ether oxygens (including phenoxy) is 2. The summed E-state index contributed by atoms with van der Waals surface area (Å²) in [5.41, 5.74) is 1.55. The molecule has 0 aliphatic rings. The molecule has 0 unspecified atom stereocenters. The minimum absolute atomic E-state index is 0.0436. The number of hydrogen-bond donors (Lipinski definition) is 2. The molecule has 0 aliphatic heterocycles. The molecule has 4 rings (SSSR count). The van der Waals surface area contributed by atoms with Crippen molar-refractivity contribution in [2.45, 2.75) is 38.2 Å². The molecular formula is C27H28ClN5O6S2. The number of anilines is 1. The number of nitrogens with one attached hydrogen (secondary N) is 2. The highest BCUT2D eigenvalue weighted by molar-refractivity contribution is 7.90. The number of carbonyl (C=O) groups is 2. The summed E-state index contributed by atoms with van der Waals surface area (Å²) in [7, 11) is -2.80. The Hall–Kier alpha value is -3.94. The number of nitrogens with zero attached hydrogens (tertiary/aromatic N) is 3. The zero-order valence-corrected chi connectivity index (χ0v) is 25.1. The van der Waals surface area contributed by atoms with Crippen molar-refractivity contribution in [1.29, 1.82) is 0 Å². The lowest BCUT2D eigenvalue weighted by molar-refractivity contribution is 0.0980. The van der Waals surface area contributed by atoms with Crippen molar-refractivity contribution in [3.05, 3.63) is 80.9 Å². The maximum Gasteiger partial charge on any atom is 0.269 e. The predicted octanol–water partition coefficient (Wildman–Crippen LogP) is 4.62. The molecule has 0 fully saturated rings. The van der Waals surface area contributed by atoms with Gasteiger partial charge in [-0.05, 0) is 67.4 Å². The first-order valence-electron chi connectivity index (χ1n) is 12.4. The number of pyridine rings is 1. The number of sulfonamides is 1. The van der Waals surface area contributed by atoms with Gasteiger partial charge in [0.2, 0.25) is 0 Å². The Morgan fingerprint density at radius 3 is 2.46 bits per heavy atom. The molecule has 0 atom stereocenters. The molecule has 0 aliphatic carbocycles. The van der Waals surface area contributed by atoms with E-state index in [1.807, 2.05) is 30.0 Å². The Morgan fingerprint density at radius 1 is 1.10 bits per heavy atom. The second-order valence-corrected chi connectivity index (χ2v) is 12.0. The van der Waals surface area contributed by atoms with E-state index in [0.29, 0.717) is 18.1 Å². The number of hydrogen-bond acceptors (Lipinski definition) is 9. The normalized spacial score (nSPS) is 11.4. The Bertz CT molecular complexity index is 1650. The van der Waals surface area contributed by atoms with Crippen LogP contribution in [-0.4, -0.2) is 47.7 Å². The lowest BCUT2D eigenvalue weighted by Crippen LogP contribution is -2.31. The largest absolute Gasteiger partial charge is 0.493 e. The number of aryl methyl sites for hydroxylation is 2. The summed E-state index contributed by atoms with van der Waals surface area (Å²) in [4.78, 5) is 29.5. The summed E-state index contributed by atoms with van der Waals surface area (Å²) < 4.78 is 40.3. The van der Waals surface area contributed by atoms with Gasteiger partial charge < -0.3 is 14.8 Å². The third kappa shape index (κ3) is 7.63. The van der Waals surface area contributed by atoms with E-state index in [1.54, 1.807) is 29.5 Å². The second kappa shape index (κ2) is 12.7. The van der Waals surface area contributed by atoms with E-state index in [4.69, 9.17) is 21.1 Å². The van der Waals surface area contributed by atoms with E-state index in [0.717, 1.165) is 12.6 Å². The molecule has 0 bridgehead atoms. The fourth-order valence-electron chi connectivity index (χ4n) is 3.79. The summed E-state index contributed by atoms with van der Waals surface area (Å²) >= 11 is 7.66. The second-order valence-electron chi connectivity index (χ2n) is 9.24. The zero-order valence-electron chi connectivity index (χ0n) is 22.7. The maximum absolute atomic E-state index is 13.1. The molecule has 1 aromatic carbocycles. The molecule has 41 heavy (non-hydrogen) atoms. The highest BCUT2D eigenvalue weighted by Gasteiger charge is 2.27. The first-order chi connectivity index (χ1) is 19.4. The maximum atomic E-state index is 13.1. The highest BCUT2D eigenvalue weighted by atomic mass is 35.5. The molecule has 14 heteroatoms. The zero-order chi connectivity index (χ0) is 29.7. The molecule has 4 aromatic rings. The number of benzene rings is 1. The van der Waals surface area contributed by atoms with Gasteiger partial charge in [0.15, 0.2) is 0 Å². The van der Waals surface area contributed by atoms with Gasteiger partial charge in [0.05, 0.1) is 24.0 Å². The van der Waals surface area contributed by atoms with Crippen molar-refractivity contribution in [1.82, 2.24) is 19.5 Å². The molecule has 3 heterocycles. The molecular weight excluding hydrogens is 590 g/mol. The first-order valence-corrected chi connectivity index (χ1v) is 15.2. The van der Waals surface area contributed by atoms with Crippen LogP contribution in [0.25, 0.3) is 0 Å². The summed E-state index contributed by atoms with van der Waals surface area (Å²) in [5.74, 6) is -0.291. The third-order valence-electron chi connectivity index (χ3n) is 5.62. The summed E-state index contributed by atoms with van der Waals surface area (Å²) in [6, 6.07) is 9.68. The molecule has 216 valence electrons. The van der Waals surface area contributed by atoms with Gasteiger partial charge in [-0.25, -0.2) is 18.1 Å². The van der Waals surface area contributed by atoms with Gasteiger partial charge in [-0.2, -0.15) is 16.4 Å². The van der Waals surface area contributed by atoms with Crippen LogP contribution in [0.2, 0.25) is 5.15 Å². The molecule has 0 saturated carbocycles. The number of carbonyl (C=O) groups excluding carboxylic acids is 2. The van der Waals surface area contributed by atoms with E-state index >= 15 is 0 Å². The fraction of sp³-hybridized carbons (Fsp3) is 0.259. The molecule has 11 nitrogen and oxygen atoms in total. The first kappa shape index (κ1) is 30.0. The van der Waals surface area contributed by atoms with Crippen molar-refractivity contribution in [3.63, 3.8) is 0 Å². The Kier molecular flexibility index (Phi) is 9.31. The SMILES string of the molecule is Cc1nn(C)c(Cl)c1S(=O)(=O)NC(=O)c1ccc(NC(=O)c2cc(OCCc3ccsc3)cc(OC(C)C)c2)nc1. The van der Waals surface area contributed by atoms with Crippen LogP contribution in [-0.2, 0) is 23.5 Å². The van der Waals surface area contributed by atoms with Gasteiger partial charge in [0.1, 0.15) is 27.4 Å². The van der Waals surface area contributed by atoms with Crippen molar-refractivity contribution in [3.8, 4) is 11.5 Å². The van der Waals surface area contributed by atoms with Crippen LogP contribution in [0.1, 0.15) is 45.8 Å². The smallest absolute Gasteiger partial charge is 0.269 e. The summed E-state index contributed by atoms with van der Waals surface area (Å²) in [6.07, 6.45) is 1.75. The van der Waals surface area contributed by atoms with Gasteiger partial charge in [-0.15, -0.1) is 0 Å². The quantitative estimate of drug-likeness (QED) is 0.248. The molecule has 3 aromatic heterocycles. The van der Waals surface area contributed by atoms with Crippen molar-refractivity contribution in [2.75, 3.05) is 11.9 Å². The van der Waals surface area contributed by atoms with Gasteiger partial charge in [0.25, 0.3) is 21.8 Å². The molecule has 0 spiro atoms. The van der Waals surface area contributed by atoms with Crippen LogP contribution < -0.4 is 19.5 Å². The number of halogens is 1. The Morgan fingerprint density at radius 2 is 1.85 bits per heavy atom. The number of thiophene rings is 1. The lowest BCUT2D eigenvalue weighted by atomic mass is 10.1. The number of amides is 2. The Balaban J connectivity index is 1.44. The van der Waals surface area contributed by atoms with E-state index in [1.165, 1.54) is 36.3 Å². The van der Waals surface area contributed by atoms with Gasteiger partial charge >= 0.3 is 0 Å². The van der Waals surface area contributed by atoms with E-state index in [2.05, 4.69) is 20.8 Å². The van der Waals surface area contributed by atoms with Crippen molar-refractivity contribution in [2.24, 2.45) is 7.05 Å². The van der Waals surface area contributed by atoms with Gasteiger partial charge in [-0.1, -0.05) is 11.6 Å². The number of rotatable bonds is 11. The minimum Gasteiger partial charge on any atom is -0.493 e. The van der Waals surface area contributed by atoms with Crippen LogP contribution in [0.4, 0.5) is 5.82 Å². The monoisotopic (exact) mass is 617 g/mol. The fourth-order valence-corrected chi connectivity index (χ4v) is 6.22. The minimum atomic E-state index is -4.29. The molecule has 2 N–H and O–H groups in total. The van der Waals surface area contributed by atoms with E-state index in [9.17, 15) is 18.0 Å². The average molecular weight is 618 g/mol. The number of aromatic nitrogens is 3. The van der Waals surface area contributed by atoms with Crippen molar-refractivity contribution >= 4 is 50.6 Å². The van der Waals surface area contributed by atoms with E-state index < -0.39 is 21.8 Å². The molecule has 2 amide bonds. The van der Waals surface area contributed by atoms with Crippen LogP contribution >= 0.6 is 22.9 Å². The predicted molar refractivity (Wildman–Crippen MR) is 156 cm³/mol. The third-order valence-corrected chi connectivity index (χ3v) is 8.37. The summed E-state index contributed by atoms with van der Waals surface area (Å²) in [6.45, 7) is 5.65. The van der Waals surface area contributed by atoms with Crippen LogP contribution in [0.5, 0.6) is 11.5 Å². The van der Waals surface area contributed by atoms with Crippen molar-refractivity contribution < 1.29 is 27.5 Å². The topological polar surface area (TPSA) is 142 Å². The lowest BCUT2D eigenvalue weighted by Gasteiger charge is -2.14. The Labute approximate surface area is 246 Å². The highest BCUT2D eigenvalue weighted by Crippen LogP contribution is 2.26. The standard InChI is InChI=1S/C27H28ClN5O6S2/c1-16(2)39-22-12-20(11-21(13-22)38-9-7-18-8-10-40-15-18)26(34)30-23-6-5-19(14-29-23)27(35)32-41(36,37)24-17(3)31-33(4)25(24)28/h5-6,8,10-16H,7,9H2,1-4H3,(H,32,35)(H,29,30,34).